The topological polar surface area (TPSA) is 6.48 Å². The van der Waals surface area contributed by atoms with Crippen molar-refractivity contribution in [2.45, 2.75) is 19.9 Å². The maximum atomic E-state index is 13.3. The van der Waals surface area contributed by atoms with Crippen LogP contribution in [0.25, 0.3) is 0 Å². The van der Waals surface area contributed by atoms with Gasteiger partial charge in [-0.15, -0.1) is 0 Å². The predicted octanol–water partition coefficient (Wildman–Crippen LogP) is 3.25. The standard InChI is InChI=1S/C15H22ClFN2/c1-3-19(10-12-4-5-18(2)9-12)11-13-6-14(16)8-15(17)7-13/h6-8,12H,3-5,9-11H2,1-2H3/t12-/m0/s1. The van der Waals surface area contributed by atoms with Crippen LogP contribution in [0.1, 0.15) is 18.9 Å². The van der Waals surface area contributed by atoms with E-state index in [1.807, 2.05) is 6.07 Å². The summed E-state index contributed by atoms with van der Waals surface area (Å²) in [6.45, 7) is 7.34. The Morgan fingerprint density at radius 2 is 2.21 bits per heavy atom. The third-order valence-electron chi connectivity index (χ3n) is 3.78. The first kappa shape index (κ1) is 14.8. The van der Waals surface area contributed by atoms with Gasteiger partial charge in [-0.3, -0.25) is 4.90 Å². The van der Waals surface area contributed by atoms with Crippen molar-refractivity contribution in [2.24, 2.45) is 5.92 Å². The Hall–Kier alpha value is -0.640. The Balaban J connectivity index is 1.94. The van der Waals surface area contributed by atoms with Crippen molar-refractivity contribution in [1.29, 1.82) is 0 Å². The number of benzene rings is 1. The molecule has 4 heteroatoms. The zero-order chi connectivity index (χ0) is 13.8. The second kappa shape index (κ2) is 6.69. The molecule has 1 atom stereocenters. The number of likely N-dealkylation sites (tertiary alicyclic amines) is 1. The van der Waals surface area contributed by atoms with Gasteiger partial charge in [0.25, 0.3) is 0 Å². The van der Waals surface area contributed by atoms with Gasteiger partial charge in [0.05, 0.1) is 0 Å². The second-order valence-corrected chi connectivity index (χ2v) is 5.96. The molecule has 1 aliphatic rings. The Labute approximate surface area is 120 Å². The van der Waals surface area contributed by atoms with Gasteiger partial charge in [0.2, 0.25) is 0 Å². The first-order valence-electron chi connectivity index (χ1n) is 6.92. The number of hydrogen-bond donors (Lipinski definition) is 0. The monoisotopic (exact) mass is 284 g/mol. The van der Waals surface area contributed by atoms with Gasteiger partial charge in [-0.2, -0.15) is 0 Å². The lowest BCUT2D eigenvalue weighted by atomic mass is 10.1. The molecule has 0 amide bonds. The maximum Gasteiger partial charge on any atom is 0.125 e. The predicted molar refractivity (Wildman–Crippen MR) is 78.0 cm³/mol. The molecule has 0 unspecified atom stereocenters. The zero-order valence-corrected chi connectivity index (χ0v) is 12.5. The smallest absolute Gasteiger partial charge is 0.125 e. The highest BCUT2D eigenvalue weighted by molar-refractivity contribution is 6.30. The van der Waals surface area contributed by atoms with Crippen LogP contribution < -0.4 is 0 Å². The maximum absolute atomic E-state index is 13.3. The Morgan fingerprint density at radius 1 is 1.42 bits per heavy atom. The van der Waals surface area contributed by atoms with Gasteiger partial charge in [-0.1, -0.05) is 18.5 Å². The number of rotatable bonds is 5. The fourth-order valence-electron chi connectivity index (χ4n) is 2.81. The second-order valence-electron chi connectivity index (χ2n) is 5.52. The molecule has 0 saturated carbocycles. The van der Waals surface area contributed by atoms with E-state index in [1.165, 1.54) is 25.6 Å². The fourth-order valence-corrected chi connectivity index (χ4v) is 3.05. The number of halogens is 2. The molecule has 1 heterocycles. The summed E-state index contributed by atoms with van der Waals surface area (Å²) in [6, 6.07) is 4.79. The van der Waals surface area contributed by atoms with Crippen LogP contribution in [0.4, 0.5) is 4.39 Å². The van der Waals surface area contributed by atoms with E-state index in [1.54, 1.807) is 6.07 Å². The van der Waals surface area contributed by atoms with E-state index < -0.39 is 0 Å². The highest BCUT2D eigenvalue weighted by Gasteiger charge is 2.21. The molecule has 0 radical (unpaired) electrons. The van der Waals surface area contributed by atoms with Crippen molar-refractivity contribution in [3.63, 3.8) is 0 Å². The van der Waals surface area contributed by atoms with E-state index in [0.29, 0.717) is 5.02 Å². The summed E-state index contributed by atoms with van der Waals surface area (Å²) in [5, 5.41) is 0.478. The molecule has 0 N–H and O–H groups in total. The van der Waals surface area contributed by atoms with Crippen LogP contribution in [-0.2, 0) is 6.54 Å². The van der Waals surface area contributed by atoms with Crippen molar-refractivity contribution in [1.82, 2.24) is 9.80 Å². The van der Waals surface area contributed by atoms with Gasteiger partial charge in [-0.25, -0.2) is 4.39 Å². The summed E-state index contributed by atoms with van der Waals surface area (Å²) in [5.74, 6) is 0.480. The summed E-state index contributed by atoms with van der Waals surface area (Å²) in [6.07, 6.45) is 1.26. The molecule has 2 rings (SSSR count). The van der Waals surface area contributed by atoms with E-state index in [4.69, 9.17) is 11.6 Å². The molecule has 1 aromatic carbocycles. The number of nitrogens with zero attached hydrogens (tertiary/aromatic N) is 2. The Kier molecular flexibility index (Phi) is 5.20. The van der Waals surface area contributed by atoms with Crippen LogP contribution in [0.2, 0.25) is 5.02 Å². The lowest BCUT2D eigenvalue weighted by molar-refractivity contribution is 0.233. The van der Waals surface area contributed by atoms with Gasteiger partial charge in [0.1, 0.15) is 5.82 Å². The van der Waals surface area contributed by atoms with Gasteiger partial charge in [0.15, 0.2) is 0 Å². The molecule has 0 aromatic heterocycles. The van der Waals surface area contributed by atoms with Crippen molar-refractivity contribution in [2.75, 3.05) is 33.2 Å². The largest absolute Gasteiger partial charge is 0.306 e. The minimum absolute atomic E-state index is 0.251. The highest BCUT2D eigenvalue weighted by Crippen LogP contribution is 2.19. The van der Waals surface area contributed by atoms with Crippen molar-refractivity contribution in [3.05, 3.63) is 34.6 Å². The van der Waals surface area contributed by atoms with Crippen molar-refractivity contribution >= 4 is 11.6 Å². The molecular weight excluding hydrogens is 263 g/mol. The summed E-state index contributed by atoms with van der Waals surface area (Å²) >= 11 is 5.90. The summed E-state index contributed by atoms with van der Waals surface area (Å²) in [5.41, 5.74) is 0.957. The molecule has 0 bridgehead atoms. The average molecular weight is 285 g/mol. The first-order valence-corrected chi connectivity index (χ1v) is 7.30. The molecule has 1 fully saturated rings. The van der Waals surface area contributed by atoms with E-state index in [2.05, 4.69) is 23.8 Å². The third kappa shape index (κ3) is 4.44. The van der Waals surface area contributed by atoms with Crippen LogP contribution in [0.3, 0.4) is 0 Å². The molecule has 0 aliphatic carbocycles. The van der Waals surface area contributed by atoms with Gasteiger partial charge < -0.3 is 4.90 Å². The summed E-state index contributed by atoms with van der Waals surface area (Å²) in [7, 11) is 2.17. The van der Waals surface area contributed by atoms with Crippen LogP contribution in [0, 0.1) is 11.7 Å². The van der Waals surface area contributed by atoms with Crippen LogP contribution in [0.5, 0.6) is 0 Å². The lowest BCUT2D eigenvalue weighted by Crippen LogP contribution is -2.30. The molecule has 19 heavy (non-hydrogen) atoms. The Morgan fingerprint density at radius 3 is 2.79 bits per heavy atom. The normalized spacial score (nSPS) is 20.4. The molecule has 1 saturated heterocycles. The van der Waals surface area contributed by atoms with Gasteiger partial charge in [0, 0.05) is 24.7 Å². The minimum Gasteiger partial charge on any atom is -0.306 e. The van der Waals surface area contributed by atoms with E-state index in [-0.39, 0.29) is 5.82 Å². The molecule has 1 aromatic rings. The fraction of sp³-hybridized carbons (Fsp3) is 0.600. The van der Waals surface area contributed by atoms with Gasteiger partial charge in [-0.05, 0) is 56.2 Å². The summed E-state index contributed by atoms with van der Waals surface area (Å²) < 4.78 is 13.3. The van der Waals surface area contributed by atoms with Crippen LogP contribution >= 0.6 is 11.6 Å². The van der Waals surface area contributed by atoms with E-state index >= 15 is 0 Å². The molecular formula is C15H22ClFN2. The van der Waals surface area contributed by atoms with E-state index in [0.717, 1.165) is 31.1 Å². The Bertz CT molecular complexity index is 404. The SMILES string of the molecule is CCN(Cc1cc(F)cc(Cl)c1)C[C@H]1CCN(C)C1. The molecule has 2 nitrogen and oxygen atoms in total. The molecule has 106 valence electrons. The van der Waals surface area contributed by atoms with Gasteiger partial charge >= 0.3 is 0 Å². The lowest BCUT2D eigenvalue weighted by Gasteiger charge is -2.24. The molecule has 0 spiro atoms. The van der Waals surface area contributed by atoms with Crippen molar-refractivity contribution in [3.8, 4) is 0 Å². The molecule has 1 aliphatic heterocycles. The summed E-state index contributed by atoms with van der Waals surface area (Å²) in [4.78, 5) is 4.74. The highest BCUT2D eigenvalue weighted by atomic mass is 35.5. The van der Waals surface area contributed by atoms with E-state index in [9.17, 15) is 4.39 Å². The average Bonchev–Trinajstić information content (AvgIpc) is 2.72. The zero-order valence-electron chi connectivity index (χ0n) is 11.7. The minimum atomic E-state index is -0.251. The van der Waals surface area contributed by atoms with Crippen LogP contribution in [0.15, 0.2) is 18.2 Å². The third-order valence-corrected chi connectivity index (χ3v) is 4.00. The first-order chi connectivity index (χ1) is 9.06. The number of hydrogen-bond acceptors (Lipinski definition) is 2. The van der Waals surface area contributed by atoms with Crippen molar-refractivity contribution < 1.29 is 4.39 Å². The quantitative estimate of drug-likeness (QED) is 0.819. The van der Waals surface area contributed by atoms with Crippen LogP contribution in [-0.4, -0.2) is 43.0 Å².